The zero-order valence-electron chi connectivity index (χ0n) is 31.4. The summed E-state index contributed by atoms with van der Waals surface area (Å²) in [5.41, 5.74) is 7.57. The molecule has 0 unspecified atom stereocenters. The Hall–Kier alpha value is -5.65. The second kappa shape index (κ2) is 15.6. The van der Waals surface area contributed by atoms with Crippen molar-refractivity contribution in [2.45, 2.75) is 44.2 Å². The molecule has 58 heavy (non-hydrogen) atoms. The van der Waals surface area contributed by atoms with Gasteiger partial charge in [0.25, 0.3) is 21.6 Å². The van der Waals surface area contributed by atoms with Crippen LogP contribution in [0.15, 0.2) is 89.6 Å². The standard InChI is InChI=1S/C40H39ClF3N7O6S/c1-39(2)11-9-26(31(21-39)24-3-7-33(41)32(18-24)40(42,43)44)23-49-13-15-50(16-14-49)27-4-6-30(36(19-27)57-28-17-25-10-12-46-37(25)47-22-28)38(52)48-58(55,56)29-5-8-34(45)35(20-29)51(53)54/h3-8,10,12,17-20,22H,9,11,13-16,21,23,45H2,1-2H3,(H,46,47)(H,48,52). The molecule has 0 saturated carbocycles. The largest absolute Gasteiger partial charge is 0.455 e. The third-order valence-electron chi connectivity index (χ3n) is 10.5. The van der Waals surface area contributed by atoms with E-state index in [-0.39, 0.29) is 33.2 Å². The first-order valence-electron chi connectivity index (χ1n) is 18.3. The number of aromatic amines is 1. The Kier molecular flexibility index (Phi) is 10.9. The maximum atomic E-state index is 13.8. The summed E-state index contributed by atoms with van der Waals surface area (Å²) in [7, 11) is -4.59. The number of carbonyl (C=O) groups is 1. The highest BCUT2D eigenvalue weighted by molar-refractivity contribution is 7.90. The van der Waals surface area contributed by atoms with Crippen LogP contribution in [0.4, 0.5) is 30.2 Å². The highest BCUT2D eigenvalue weighted by atomic mass is 35.5. The second-order valence-electron chi connectivity index (χ2n) is 15.2. The highest BCUT2D eigenvalue weighted by Crippen LogP contribution is 2.45. The molecule has 1 fully saturated rings. The molecule has 1 saturated heterocycles. The Labute approximate surface area is 336 Å². The number of amides is 1. The number of sulfonamides is 1. The summed E-state index contributed by atoms with van der Waals surface area (Å²) in [6.45, 7) is 7.24. The van der Waals surface area contributed by atoms with Crippen LogP contribution < -0.4 is 20.1 Å². The van der Waals surface area contributed by atoms with Crippen LogP contribution in [-0.4, -0.2) is 66.8 Å². The Morgan fingerprint density at radius 2 is 1.83 bits per heavy atom. The number of anilines is 2. The zero-order valence-corrected chi connectivity index (χ0v) is 33.0. The van der Waals surface area contributed by atoms with Crippen molar-refractivity contribution in [3.05, 3.63) is 117 Å². The number of ether oxygens (including phenoxy) is 1. The number of nitrogens with two attached hydrogens (primary N) is 1. The van der Waals surface area contributed by atoms with Gasteiger partial charge in [0, 0.05) is 62.1 Å². The molecule has 18 heteroatoms. The van der Waals surface area contributed by atoms with E-state index in [2.05, 4.69) is 33.6 Å². The number of nitrogens with one attached hydrogen (secondary N) is 2. The number of pyridine rings is 1. The summed E-state index contributed by atoms with van der Waals surface area (Å²) in [5.74, 6) is -0.722. The van der Waals surface area contributed by atoms with Crippen LogP contribution >= 0.6 is 11.6 Å². The molecule has 3 heterocycles. The van der Waals surface area contributed by atoms with Crippen LogP contribution in [0.1, 0.15) is 54.6 Å². The molecule has 304 valence electrons. The SMILES string of the molecule is CC1(C)CCC(CN2CCN(c3ccc(C(=O)NS(=O)(=O)c4ccc(N)c([N+](=O)[O-])c4)c(Oc4cnc5[nH]ccc5c4)c3)CC2)=C(c2ccc(Cl)c(C(F)(F)F)c2)C1. The van der Waals surface area contributed by atoms with Crippen molar-refractivity contribution in [3.8, 4) is 11.5 Å². The van der Waals surface area contributed by atoms with E-state index < -0.39 is 43.2 Å². The van der Waals surface area contributed by atoms with Crippen molar-refractivity contribution in [2.24, 2.45) is 5.41 Å². The molecular formula is C40H39ClF3N7O6S. The molecule has 5 aromatic rings. The molecule has 2 aliphatic rings. The van der Waals surface area contributed by atoms with E-state index in [0.717, 1.165) is 53.6 Å². The smallest absolute Gasteiger partial charge is 0.417 e. The molecule has 1 amide bonds. The molecular weight excluding hydrogens is 799 g/mol. The first-order chi connectivity index (χ1) is 27.4. The minimum Gasteiger partial charge on any atom is -0.455 e. The quantitative estimate of drug-likeness (QED) is 0.0703. The van der Waals surface area contributed by atoms with E-state index >= 15 is 0 Å². The van der Waals surface area contributed by atoms with Crippen molar-refractivity contribution in [1.29, 1.82) is 0 Å². The minimum atomic E-state index is -4.59. The Balaban J connectivity index is 1.12. The number of H-pyrrole nitrogens is 1. The van der Waals surface area contributed by atoms with Crippen LogP contribution in [0.2, 0.25) is 5.02 Å². The number of nitrogen functional groups attached to an aromatic ring is 1. The van der Waals surface area contributed by atoms with Crippen LogP contribution in [-0.2, 0) is 16.2 Å². The molecule has 13 nitrogen and oxygen atoms in total. The van der Waals surface area contributed by atoms with Gasteiger partial charge in [-0.3, -0.25) is 19.8 Å². The van der Waals surface area contributed by atoms with Gasteiger partial charge in [-0.25, -0.2) is 18.1 Å². The molecule has 4 N–H and O–H groups in total. The number of nitro benzene ring substituents is 1. The van der Waals surface area contributed by atoms with Crippen LogP contribution in [0.3, 0.4) is 0 Å². The van der Waals surface area contributed by atoms with Gasteiger partial charge < -0.3 is 20.4 Å². The van der Waals surface area contributed by atoms with Crippen molar-refractivity contribution in [2.75, 3.05) is 43.4 Å². The minimum absolute atomic E-state index is 0.0356. The van der Waals surface area contributed by atoms with Crippen molar-refractivity contribution >= 4 is 61.2 Å². The topological polar surface area (TPSA) is 177 Å². The number of nitro groups is 1. The molecule has 0 bridgehead atoms. The Morgan fingerprint density at radius 3 is 2.55 bits per heavy atom. The highest BCUT2D eigenvalue weighted by Gasteiger charge is 2.35. The maximum absolute atomic E-state index is 13.8. The van der Waals surface area contributed by atoms with Gasteiger partial charge in [0.2, 0.25) is 0 Å². The maximum Gasteiger partial charge on any atom is 0.417 e. The fourth-order valence-electron chi connectivity index (χ4n) is 7.34. The van der Waals surface area contributed by atoms with Gasteiger partial charge in [-0.1, -0.05) is 37.1 Å². The lowest BCUT2D eigenvalue weighted by Crippen LogP contribution is -2.47. The molecule has 3 aromatic carbocycles. The lowest BCUT2D eigenvalue weighted by Gasteiger charge is -2.39. The van der Waals surface area contributed by atoms with Crippen LogP contribution in [0, 0.1) is 15.5 Å². The first-order valence-corrected chi connectivity index (χ1v) is 20.1. The molecule has 2 aromatic heterocycles. The van der Waals surface area contributed by atoms with Crippen LogP contribution in [0.5, 0.6) is 11.5 Å². The van der Waals surface area contributed by atoms with Gasteiger partial charge >= 0.3 is 6.18 Å². The van der Waals surface area contributed by atoms with Gasteiger partial charge in [-0.2, -0.15) is 13.2 Å². The molecule has 7 rings (SSSR count). The zero-order chi connectivity index (χ0) is 41.6. The third-order valence-corrected chi connectivity index (χ3v) is 12.2. The summed E-state index contributed by atoms with van der Waals surface area (Å²) in [4.78, 5) is 35.4. The van der Waals surface area contributed by atoms with Gasteiger partial charge in [-0.05, 0) is 84.3 Å². The molecule has 0 radical (unpaired) electrons. The average Bonchev–Trinajstić information content (AvgIpc) is 3.63. The van der Waals surface area contributed by atoms with Crippen molar-refractivity contribution in [1.82, 2.24) is 19.6 Å². The number of alkyl halides is 3. The number of fused-ring (bicyclic) bond motifs is 1. The van der Waals surface area contributed by atoms with Gasteiger partial charge in [0.05, 0.1) is 32.2 Å². The number of aromatic nitrogens is 2. The van der Waals surface area contributed by atoms with E-state index in [1.54, 1.807) is 36.5 Å². The summed E-state index contributed by atoms with van der Waals surface area (Å²) >= 11 is 5.96. The predicted molar refractivity (Wildman–Crippen MR) is 214 cm³/mol. The number of carbonyl (C=O) groups excluding carboxylic acids is 1. The third kappa shape index (κ3) is 8.75. The van der Waals surface area contributed by atoms with E-state index in [0.29, 0.717) is 56.0 Å². The van der Waals surface area contributed by atoms with E-state index in [9.17, 15) is 36.5 Å². The number of hydrogen-bond acceptors (Lipinski definition) is 10. The summed E-state index contributed by atoms with van der Waals surface area (Å²) in [6.07, 6.45) is 0.889. The summed E-state index contributed by atoms with van der Waals surface area (Å²) < 4.78 is 76.2. The molecule has 1 aliphatic carbocycles. The second-order valence-corrected chi connectivity index (χ2v) is 17.2. The van der Waals surface area contributed by atoms with E-state index in [4.69, 9.17) is 22.1 Å². The first kappa shape index (κ1) is 40.5. The number of piperazine rings is 1. The number of rotatable bonds is 10. The Morgan fingerprint density at radius 1 is 1.07 bits per heavy atom. The number of halogens is 4. The number of benzene rings is 3. The van der Waals surface area contributed by atoms with Gasteiger partial charge in [0.15, 0.2) is 0 Å². The number of hydrogen-bond donors (Lipinski definition) is 3. The average molecular weight is 838 g/mol. The van der Waals surface area contributed by atoms with Crippen molar-refractivity contribution in [3.63, 3.8) is 0 Å². The fraction of sp³-hybridized carbons (Fsp3) is 0.300. The lowest BCUT2D eigenvalue weighted by atomic mass is 9.72. The van der Waals surface area contributed by atoms with Gasteiger partial charge in [-0.15, -0.1) is 0 Å². The number of nitrogens with zero attached hydrogens (tertiary/aromatic N) is 4. The summed E-state index contributed by atoms with van der Waals surface area (Å²) in [5, 5.41) is 11.8. The predicted octanol–water partition coefficient (Wildman–Crippen LogP) is 8.42. The molecule has 1 aliphatic heterocycles. The fourth-order valence-corrected chi connectivity index (χ4v) is 8.55. The normalized spacial score (nSPS) is 16.4. The monoisotopic (exact) mass is 837 g/mol. The molecule has 0 atom stereocenters. The van der Waals surface area contributed by atoms with E-state index in [1.165, 1.54) is 18.3 Å². The van der Waals surface area contributed by atoms with E-state index in [1.807, 2.05) is 4.72 Å². The van der Waals surface area contributed by atoms with Gasteiger partial charge in [0.1, 0.15) is 22.8 Å². The molecule has 0 spiro atoms. The van der Waals surface area contributed by atoms with Crippen molar-refractivity contribution < 1.29 is 36.0 Å². The summed E-state index contributed by atoms with van der Waals surface area (Å²) in [6, 6.07) is 15.3. The number of allylic oxidation sites excluding steroid dienone is 1. The lowest BCUT2D eigenvalue weighted by molar-refractivity contribution is -0.384. The Bertz CT molecular complexity index is 2570. The van der Waals surface area contributed by atoms with Crippen LogP contribution in [0.25, 0.3) is 16.6 Å².